The van der Waals surface area contributed by atoms with Gasteiger partial charge in [-0.25, -0.2) is 0 Å². The largest absolute Gasteiger partial charge is 0.371 e. The minimum absolute atomic E-state index is 0.756. The lowest BCUT2D eigenvalue weighted by atomic mass is 9.98. The molecule has 1 aliphatic rings. The van der Waals surface area contributed by atoms with Crippen molar-refractivity contribution >= 4 is 5.69 Å². The van der Waals surface area contributed by atoms with Gasteiger partial charge < -0.3 is 4.90 Å². The number of piperidine rings is 1. The summed E-state index contributed by atoms with van der Waals surface area (Å²) < 4.78 is 0. The molecular formula is C14H18N2. The number of hydrogen-bond donors (Lipinski definition) is 0. The molecule has 2 nitrogen and oxygen atoms in total. The fourth-order valence-electron chi connectivity index (χ4n) is 2.33. The number of benzene rings is 1. The van der Waals surface area contributed by atoms with Crippen LogP contribution in [0.3, 0.4) is 0 Å². The van der Waals surface area contributed by atoms with Crippen molar-refractivity contribution in [3.63, 3.8) is 0 Å². The lowest BCUT2D eigenvalue weighted by Crippen LogP contribution is -2.33. The Morgan fingerprint density at radius 1 is 1.31 bits per heavy atom. The van der Waals surface area contributed by atoms with Crippen LogP contribution < -0.4 is 4.90 Å². The molecule has 1 aromatic rings. The maximum Gasteiger partial charge on any atom is 0.0991 e. The zero-order chi connectivity index (χ0) is 11.5. The number of rotatable bonds is 1. The van der Waals surface area contributed by atoms with Gasteiger partial charge in [0.15, 0.2) is 0 Å². The van der Waals surface area contributed by atoms with Crippen LogP contribution in [0.25, 0.3) is 0 Å². The van der Waals surface area contributed by atoms with Crippen molar-refractivity contribution in [2.45, 2.75) is 26.7 Å². The molecule has 0 atom stereocenters. The second-order valence-electron chi connectivity index (χ2n) is 4.78. The van der Waals surface area contributed by atoms with Crippen LogP contribution in [0.15, 0.2) is 18.2 Å². The van der Waals surface area contributed by atoms with Gasteiger partial charge in [0.1, 0.15) is 0 Å². The SMILES string of the molecule is Cc1cc(C#N)ccc1N1CCC(C)CC1. The monoisotopic (exact) mass is 214 g/mol. The summed E-state index contributed by atoms with van der Waals surface area (Å²) in [4.78, 5) is 2.44. The molecule has 0 aromatic heterocycles. The molecule has 0 spiro atoms. The van der Waals surface area contributed by atoms with Crippen molar-refractivity contribution in [3.05, 3.63) is 29.3 Å². The van der Waals surface area contributed by atoms with Gasteiger partial charge in [0, 0.05) is 18.8 Å². The van der Waals surface area contributed by atoms with Crippen LogP contribution in [0, 0.1) is 24.2 Å². The number of hydrogen-bond acceptors (Lipinski definition) is 2. The van der Waals surface area contributed by atoms with Crippen LogP contribution in [0.4, 0.5) is 5.69 Å². The van der Waals surface area contributed by atoms with Gasteiger partial charge >= 0.3 is 0 Å². The van der Waals surface area contributed by atoms with Crippen LogP contribution in [-0.4, -0.2) is 13.1 Å². The molecule has 1 aromatic carbocycles. The minimum Gasteiger partial charge on any atom is -0.371 e. The lowest BCUT2D eigenvalue weighted by molar-refractivity contribution is 0.438. The first-order valence-electron chi connectivity index (χ1n) is 5.96. The Bertz CT molecular complexity index is 409. The minimum atomic E-state index is 0.756. The Morgan fingerprint density at radius 2 is 2.00 bits per heavy atom. The molecule has 0 amide bonds. The van der Waals surface area contributed by atoms with Gasteiger partial charge in [-0.3, -0.25) is 0 Å². The first kappa shape index (κ1) is 11.0. The van der Waals surface area contributed by atoms with Crippen molar-refractivity contribution in [2.75, 3.05) is 18.0 Å². The van der Waals surface area contributed by atoms with Gasteiger partial charge in [0.2, 0.25) is 0 Å². The maximum atomic E-state index is 8.83. The van der Waals surface area contributed by atoms with E-state index in [0.717, 1.165) is 24.6 Å². The Labute approximate surface area is 97.5 Å². The van der Waals surface area contributed by atoms with Crippen molar-refractivity contribution in [2.24, 2.45) is 5.92 Å². The summed E-state index contributed by atoms with van der Waals surface area (Å²) in [6, 6.07) is 8.17. The van der Waals surface area contributed by atoms with Crippen molar-refractivity contribution < 1.29 is 0 Å². The number of aryl methyl sites for hydroxylation is 1. The van der Waals surface area contributed by atoms with E-state index in [1.165, 1.54) is 24.1 Å². The maximum absolute atomic E-state index is 8.83. The molecule has 1 saturated heterocycles. The molecule has 84 valence electrons. The average molecular weight is 214 g/mol. The van der Waals surface area contributed by atoms with E-state index in [9.17, 15) is 0 Å². The zero-order valence-electron chi connectivity index (χ0n) is 10.0. The van der Waals surface area contributed by atoms with Crippen molar-refractivity contribution in [3.8, 4) is 6.07 Å². The zero-order valence-corrected chi connectivity index (χ0v) is 10.0. The molecule has 0 N–H and O–H groups in total. The third kappa shape index (κ3) is 2.19. The first-order chi connectivity index (χ1) is 7.70. The molecule has 2 heteroatoms. The van der Waals surface area contributed by atoms with E-state index in [4.69, 9.17) is 5.26 Å². The molecule has 1 heterocycles. The predicted octanol–water partition coefficient (Wildman–Crippen LogP) is 3.10. The van der Waals surface area contributed by atoms with Crippen molar-refractivity contribution in [1.29, 1.82) is 5.26 Å². The Morgan fingerprint density at radius 3 is 2.56 bits per heavy atom. The highest BCUT2D eigenvalue weighted by atomic mass is 15.1. The summed E-state index contributed by atoms with van der Waals surface area (Å²) in [5.41, 5.74) is 3.27. The number of nitriles is 1. The van der Waals surface area contributed by atoms with Crippen LogP contribution in [0.2, 0.25) is 0 Å². The third-order valence-corrected chi connectivity index (χ3v) is 3.45. The Kier molecular flexibility index (Phi) is 3.14. The van der Waals surface area contributed by atoms with Gasteiger partial charge in [-0.15, -0.1) is 0 Å². The molecular weight excluding hydrogens is 196 g/mol. The van der Waals surface area contributed by atoms with Crippen LogP contribution in [0.5, 0.6) is 0 Å². The van der Waals surface area contributed by atoms with E-state index in [1.807, 2.05) is 12.1 Å². The van der Waals surface area contributed by atoms with E-state index >= 15 is 0 Å². The van der Waals surface area contributed by atoms with Gasteiger partial charge in [0.25, 0.3) is 0 Å². The molecule has 0 saturated carbocycles. The molecule has 2 rings (SSSR count). The highest BCUT2D eigenvalue weighted by molar-refractivity contribution is 5.56. The summed E-state index contributed by atoms with van der Waals surface area (Å²) in [5, 5.41) is 8.83. The van der Waals surface area contributed by atoms with E-state index in [-0.39, 0.29) is 0 Å². The molecule has 16 heavy (non-hydrogen) atoms. The molecule has 1 fully saturated rings. The van der Waals surface area contributed by atoms with E-state index < -0.39 is 0 Å². The molecule has 0 unspecified atom stereocenters. The predicted molar refractivity (Wildman–Crippen MR) is 66.5 cm³/mol. The van der Waals surface area contributed by atoms with Gasteiger partial charge in [0.05, 0.1) is 11.6 Å². The second kappa shape index (κ2) is 4.57. The van der Waals surface area contributed by atoms with Crippen LogP contribution >= 0.6 is 0 Å². The van der Waals surface area contributed by atoms with Gasteiger partial charge in [-0.2, -0.15) is 5.26 Å². The number of nitrogens with zero attached hydrogens (tertiary/aromatic N) is 2. The highest BCUT2D eigenvalue weighted by Crippen LogP contribution is 2.26. The van der Waals surface area contributed by atoms with Gasteiger partial charge in [-0.05, 0) is 49.4 Å². The normalized spacial score (nSPS) is 17.2. The third-order valence-electron chi connectivity index (χ3n) is 3.45. The average Bonchev–Trinajstić information content (AvgIpc) is 2.30. The quantitative estimate of drug-likeness (QED) is 0.718. The molecule has 0 bridgehead atoms. The summed E-state index contributed by atoms with van der Waals surface area (Å²) in [6.45, 7) is 6.71. The fraction of sp³-hybridized carbons (Fsp3) is 0.500. The second-order valence-corrected chi connectivity index (χ2v) is 4.78. The lowest BCUT2D eigenvalue weighted by Gasteiger charge is -2.33. The Balaban J connectivity index is 2.18. The summed E-state index contributed by atoms with van der Waals surface area (Å²) in [5.74, 6) is 0.856. The molecule has 0 radical (unpaired) electrons. The van der Waals surface area contributed by atoms with Gasteiger partial charge in [-0.1, -0.05) is 6.92 Å². The summed E-state index contributed by atoms with van der Waals surface area (Å²) >= 11 is 0. The molecule has 1 aliphatic heterocycles. The smallest absolute Gasteiger partial charge is 0.0991 e. The first-order valence-corrected chi connectivity index (χ1v) is 5.96. The van der Waals surface area contributed by atoms with Crippen LogP contribution in [-0.2, 0) is 0 Å². The van der Waals surface area contributed by atoms with E-state index in [2.05, 4.69) is 30.9 Å². The van der Waals surface area contributed by atoms with Crippen LogP contribution in [0.1, 0.15) is 30.9 Å². The van der Waals surface area contributed by atoms with E-state index in [0.29, 0.717) is 0 Å². The summed E-state index contributed by atoms with van der Waals surface area (Å²) in [7, 11) is 0. The summed E-state index contributed by atoms with van der Waals surface area (Å²) in [6.07, 6.45) is 2.55. The fourth-order valence-corrected chi connectivity index (χ4v) is 2.33. The van der Waals surface area contributed by atoms with E-state index in [1.54, 1.807) is 0 Å². The standard InChI is InChI=1S/C14H18N2/c1-11-5-7-16(8-6-11)14-4-3-13(10-15)9-12(14)2/h3-4,9,11H,5-8H2,1-2H3. The number of anilines is 1. The Hall–Kier alpha value is -1.49. The topological polar surface area (TPSA) is 27.0 Å². The highest BCUT2D eigenvalue weighted by Gasteiger charge is 2.17. The van der Waals surface area contributed by atoms with Crippen molar-refractivity contribution in [1.82, 2.24) is 0 Å². The molecule has 0 aliphatic carbocycles.